The van der Waals surface area contributed by atoms with Gasteiger partial charge < -0.3 is 10.2 Å². The first kappa shape index (κ1) is 17.7. The maximum atomic E-state index is 12.4. The third kappa shape index (κ3) is 5.15. The Hall–Kier alpha value is -0.280. The fourth-order valence-electron chi connectivity index (χ4n) is 2.49. The summed E-state index contributed by atoms with van der Waals surface area (Å²) in [6, 6.07) is 0.486. The number of nitrogens with zero attached hydrogens (tertiary/aromatic N) is 1. The minimum absolute atomic E-state index is 0. The van der Waals surface area contributed by atoms with Gasteiger partial charge in [-0.05, 0) is 39.2 Å². The first-order valence-electron chi connectivity index (χ1n) is 7.10. The highest BCUT2D eigenvalue weighted by molar-refractivity contribution is 5.85. The van der Waals surface area contributed by atoms with Crippen LogP contribution in [-0.2, 0) is 4.79 Å². The number of hydrogen-bond acceptors (Lipinski definition) is 2. The highest BCUT2D eigenvalue weighted by Crippen LogP contribution is 2.19. The first-order chi connectivity index (χ1) is 8.08. The SMILES string of the molecule is CCC(C)CN(CC)C(=O)[C@H]1CCN[C@@H](C)C1.Cl. The number of carbonyl (C=O) groups is 1. The lowest BCUT2D eigenvalue weighted by molar-refractivity contribution is -0.137. The van der Waals surface area contributed by atoms with Crippen LogP contribution in [0.4, 0.5) is 0 Å². The number of halogens is 1. The molecule has 108 valence electrons. The van der Waals surface area contributed by atoms with Crippen molar-refractivity contribution in [2.24, 2.45) is 11.8 Å². The Labute approximate surface area is 118 Å². The molecular formula is C14H29ClN2O. The summed E-state index contributed by atoms with van der Waals surface area (Å²) in [4.78, 5) is 14.5. The molecule has 0 saturated carbocycles. The summed E-state index contributed by atoms with van der Waals surface area (Å²) in [5.41, 5.74) is 0. The zero-order chi connectivity index (χ0) is 12.8. The number of rotatable bonds is 5. The highest BCUT2D eigenvalue weighted by atomic mass is 35.5. The zero-order valence-electron chi connectivity index (χ0n) is 12.2. The lowest BCUT2D eigenvalue weighted by atomic mass is 9.91. The monoisotopic (exact) mass is 276 g/mol. The second-order valence-electron chi connectivity index (χ2n) is 5.47. The smallest absolute Gasteiger partial charge is 0.225 e. The molecule has 1 N–H and O–H groups in total. The third-order valence-corrected chi connectivity index (χ3v) is 3.90. The second kappa shape index (κ2) is 8.76. The molecule has 1 saturated heterocycles. The molecule has 1 fully saturated rings. The second-order valence-corrected chi connectivity index (χ2v) is 5.47. The van der Waals surface area contributed by atoms with Crippen LogP contribution in [0.2, 0.25) is 0 Å². The standard InChI is InChI=1S/C14H28N2O.ClH/c1-5-11(3)10-16(6-2)14(17)13-7-8-15-12(4)9-13;/h11-13,15H,5-10H2,1-4H3;1H/t11?,12-,13-;/m0./s1. The summed E-state index contributed by atoms with van der Waals surface area (Å²) < 4.78 is 0. The minimum atomic E-state index is 0. The molecule has 0 radical (unpaired) electrons. The molecule has 3 nitrogen and oxygen atoms in total. The van der Waals surface area contributed by atoms with Crippen molar-refractivity contribution in [3.63, 3.8) is 0 Å². The Morgan fingerprint density at radius 3 is 2.61 bits per heavy atom. The molecular weight excluding hydrogens is 248 g/mol. The fourth-order valence-corrected chi connectivity index (χ4v) is 2.49. The van der Waals surface area contributed by atoms with Crippen molar-refractivity contribution in [3.8, 4) is 0 Å². The van der Waals surface area contributed by atoms with Crippen LogP contribution in [0.3, 0.4) is 0 Å². The molecule has 0 bridgehead atoms. The summed E-state index contributed by atoms with van der Waals surface area (Å²) in [5.74, 6) is 1.23. The number of hydrogen-bond donors (Lipinski definition) is 1. The highest BCUT2D eigenvalue weighted by Gasteiger charge is 2.28. The Balaban J connectivity index is 0.00000289. The first-order valence-corrected chi connectivity index (χ1v) is 7.10. The molecule has 1 amide bonds. The van der Waals surface area contributed by atoms with E-state index in [0.717, 1.165) is 38.9 Å². The third-order valence-electron chi connectivity index (χ3n) is 3.90. The van der Waals surface area contributed by atoms with E-state index < -0.39 is 0 Å². The summed E-state index contributed by atoms with van der Waals surface area (Å²) >= 11 is 0. The Kier molecular flexibility index (Phi) is 8.62. The molecule has 0 aromatic heterocycles. The number of carbonyl (C=O) groups excluding carboxylic acids is 1. The van der Waals surface area contributed by atoms with Crippen molar-refractivity contribution in [2.75, 3.05) is 19.6 Å². The Morgan fingerprint density at radius 1 is 1.44 bits per heavy atom. The van der Waals surface area contributed by atoms with E-state index in [0.29, 0.717) is 17.9 Å². The van der Waals surface area contributed by atoms with E-state index in [9.17, 15) is 4.79 Å². The van der Waals surface area contributed by atoms with Crippen molar-refractivity contribution < 1.29 is 4.79 Å². The summed E-state index contributed by atoms with van der Waals surface area (Å²) in [6.45, 7) is 11.4. The molecule has 1 heterocycles. The van der Waals surface area contributed by atoms with Crippen LogP contribution in [0.5, 0.6) is 0 Å². The van der Waals surface area contributed by atoms with Crippen LogP contribution < -0.4 is 5.32 Å². The van der Waals surface area contributed by atoms with Crippen LogP contribution >= 0.6 is 12.4 Å². The van der Waals surface area contributed by atoms with E-state index in [2.05, 4.69) is 37.9 Å². The normalized spacial score (nSPS) is 25.1. The number of amides is 1. The van der Waals surface area contributed by atoms with E-state index in [4.69, 9.17) is 0 Å². The molecule has 0 aliphatic carbocycles. The molecule has 1 unspecified atom stereocenters. The van der Waals surface area contributed by atoms with Crippen LogP contribution in [0, 0.1) is 11.8 Å². The Morgan fingerprint density at radius 2 is 2.11 bits per heavy atom. The van der Waals surface area contributed by atoms with E-state index >= 15 is 0 Å². The van der Waals surface area contributed by atoms with Crippen molar-refractivity contribution in [1.29, 1.82) is 0 Å². The average Bonchev–Trinajstić information content (AvgIpc) is 2.34. The molecule has 0 aromatic rings. The average molecular weight is 277 g/mol. The van der Waals surface area contributed by atoms with Gasteiger partial charge in [0, 0.05) is 25.0 Å². The summed E-state index contributed by atoms with van der Waals surface area (Å²) in [5, 5.41) is 3.40. The van der Waals surface area contributed by atoms with Gasteiger partial charge in [-0.2, -0.15) is 0 Å². The zero-order valence-corrected chi connectivity index (χ0v) is 13.1. The minimum Gasteiger partial charge on any atom is -0.342 e. The summed E-state index contributed by atoms with van der Waals surface area (Å²) in [6.07, 6.45) is 3.14. The van der Waals surface area contributed by atoms with Gasteiger partial charge in [0.2, 0.25) is 5.91 Å². The van der Waals surface area contributed by atoms with Crippen LogP contribution in [0.15, 0.2) is 0 Å². The molecule has 1 aliphatic heterocycles. The van der Waals surface area contributed by atoms with Crippen LogP contribution in [0.1, 0.15) is 47.0 Å². The van der Waals surface area contributed by atoms with Gasteiger partial charge in [0.1, 0.15) is 0 Å². The van der Waals surface area contributed by atoms with Crippen molar-refractivity contribution >= 4 is 18.3 Å². The quantitative estimate of drug-likeness (QED) is 0.837. The lowest BCUT2D eigenvalue weighted by Crippen LogP contribution is -2.45. The largest absolute Gasteiger partial charge is 0.342 e. The van der Waals surface area contributed by atoms with Crippen LogP contribution in [0.25, 0.3) is 0 Å². The van der Waals surface area contributed by atoms with Gasteiger partial charge in [0.05, 0.1) is 0 Å². The van der Waals surface area contributed by atoms with Crippen molar-refractivity contribution in [2.45, 2.75) is 53.0 Å². The maximum absolute atomic E-state index is 12.4. The number of nitrogens with one attached hydrogen (secondary N) is 1. The van der Waals surface area contributed by atoms with Crippen molar-refractivity contribution in [3.05, 3.63) is 0 Å². The fraction of sp³-hybridized carbons (Fsp3) is 0.929. The molecule has 1 rings (SSSR count). The van der Waals surface area contributed by atoms with Gasteiger partial charge in [-0.3, -0.25) is 4.79 Å². The summed E-state index contributed by atoms with van der Waals surface area (Å²) in [7, 11) is 0. The van der Waals surface area contributed by atoms with E-state index in [1.54, 1.807) is 0 Å². The topological polar surface area (TPSA) is 32.3 Å². The lowest BCUT2D eigenvalue weighted by Gasteiger charge is -2.32. The molecule has 4 heteroatoms. The van der Waals surface area contributed by atoms with Gasteiger partial charge in [-0.15, -0.1) is 12.4 Å². The number of piperidine rings is 1. The van der Waals surface area contributed by atoms with Crippen LogP contribution in [-0.4, -0.2) is 36.5 Å². The van der Waals surface area contributed by atoms with Gasteiger partial charge in [0.25, 0.3) is 0 Å². The molecule has 0 aromatic carbocycles. The van der Waals surface area contributed by atoms with E-state index in [-0.39, 0.29) is 18.3 Å². The maximum Gasteiger partial charge on any atom is 0.225 e. The van der Waals surface area contributed by atoms with Crippen molar-refractivity contribution in [1.82, 2.24) is 10.2 Å². The van der Waals surface area contributed by atoms with Gasteiger partial charge >= 0.3 is 0 Å². The molecule has 1 aliphatic rings. The van der Waals surface area contributed by atoms with Gasteiger partial charge in [-0.1, -0.05) is 20.3 Å². The molecule has 18 heavy (non-hydrogen) atoms. The van der Waals surface area contributed by atoms with E-state index in [1.807, 2.05) is 0 Å². The van der Waals surface area contributed by atoms with Gasteiger partial charge in [0.15, 0.2) is 0 Å². The predicted molar refractivity (Wildman–Crippen MR) is 79.1 cm³/mol. The predicted octanol–water partition coefficient (Wildman–Crippen LogP) is 2.69. The Bertz CT molecular complexity index is 248. The van der Waals surface area contributed by atoms with E-state index in [1.165, 1.54) is 0 Å². The molecule has 3 atom stereocenters. The van der Waals surface area contributed by atoms with Gasteiger partial charge in [-0.25, -0.2) is 0 Å². The molecule has 0 spiro atoms.